The van der Waals surface area contributed by atoms with Gasteiger partial charge in [-0.05, 0) is 44.5 Å². The Labute approximate surface area is 139 Å². The number of aromatic nitrogens is 1. The van der Waals surface area contributed by atoms with E-state index in [4.69, 9.17) is 0 Å². The summed E-state index contributed by atoms with van der Waals surface area (Å²) in [7, 11) is -2.25. The van der Waals surface area contributed by atoms with Crippen LogP contribution in [0.2, 0.25) is 0 Å². The SMILES string of the molecule is CNS(=O)(=O)c1ccc(C)c(C(=O)Nc2nc(C3CC3)cs2)c1. The van der Waals surface area contributed by atoms with Crippen LogP contribution in [0.5, 0.6) is 0 Å². The molecule has 1 aromatic heterocycles. The molecule has 1 fully saturated rings. The number of sulfonamides is 1. The molecule has 0 atom stereocenters. The van der Waals surface area contributed by atoms with Crippen molar-refractivity contribution < 1.29 is 13.2 Å². The highest BCUT2D eigenvalue weighted by Crippen LogP contribution is 2.40. The Kier molecular flexibility index (Phi) is 4.22. The molecule has 1 aromatic carbocycles. The van der Waals surface area contributed by atoms with Gasteiger partial charge >= 0.3 is 0 Å². The van der Waals surface area contributed by atoms with E-state index in [1.54, 1.807) is 13.0 Å². The highest BCUT2D eigenvalue weighted by atomic mass is 32.2. The summed E-state index contributed by atoms with van der Waals surface area (Å²) in [5.74, 6) is 0.176. The number of amides is 1. The number of benzene rings is 1. The van der Waals surface area contributed by atoms with Gasteiger partial charge in [-0.1, -0.05) is 6.07 Å². The van der Waals surface area contributed by atoms with Gasteiger partial charge < -0.3 is 0 Å². The minimum atomic E-state index is -3.59. The first-order chi connectivity index (χ1) is 10.9. The largest absolute Gasteiger partial charge is 0.298 e. The highest BCUT2D eigenvalue weighted by molar-refractivity contribution is 7.89. The summed E-state index contributed by atoms with van der Waals surface area (Å²) in [4.78, 5) is 16.9. The van der Waals surface area contributed by atoms with Gasteiger partial charge in [0.25, 0.3) is 5.91 Å². The minimum Gasteiger partial charge on any atom is -0.298 e. The fourth-order valence-corrected chi connectivity index (χ4v) is 3.75. The van der Waals surface area contributed by atoms with Crippen LogP contribution < -0.4 is 10.0 Å². The van der Waals surface area contributed by atoms with Gasteiger partial charge in [0.2, 0.25) is 10.0 Å². The van der Waals surface area contributed by atoms with Crippen LogP contribution >= 0.6 is 11.3 Å². The number of rotatable bonds is 5. The first-order valence-corrected chi connectivity index (χ1v) is 9.58. The van der Waals surface area contributed by atoms with Gasteiger partial charge in [0.15, 0.2) is 5.13 Å². The molecule has 1 aliphatic rings. The number of nitrogens with zero attached hydrogens (tertiary/aromatic N) is 1. The van der Waals surface area contributed by atoms with Gasteiger partial charge in [0.1, 0.15) is 0 Å². The number of hydrogen-bond donors (Lipinski definition) is 2. The molecule has 8 heteroatoms. The van der Waals surface area contributed by atoms with Gasteiger partial charge in [-0.15, -0.1) is 11.3 Å². The summed E-state index contributed by atoms with van der Waals surface area (Å²) >= 11 is 1.39. The lowest BCUT2D eigenvalue weighted by Crippen LogP contribution is -2.20. The molecule has 1 amide bonds. The summed E-state index contributed by atoms with van der Waals surface area (Å²) in [6, 6.07) is 4.48. The topological polar surface area (TPSA) is 88.2 Å². The van der Waals surface area contributed by atoms with E-state index in [1.807, 2.05) is 5.38 Å². The molecular weight excluding hydrogens is 334 g/mol. The standard InChI is InChI=1S/C15H17N3O3S2/c1-9-3-6-11(23(20,21)16-2)7-12(9)14(19)18-15-17-13(8-22-15)10-4-5-10/h3,6-8,10,16H,4-5H2,1-2H3,(H,17,18,19). The maximum absolute atomic E-state index is 12.4. The minimum absolute atomic E-state index is 0.0635. The number of hydrogen-bond acceptors (Lipinski definition) is 5. The number of carbonyl (C=O) groups is 1. The van der Waals surface area contributed by atoms with Gasteiger partial charge in [-0.2, -0.15) is 0 Å². The van der Waals surface area contributed by atoms with Crippen molar-refractivity contribution >= 4 is 32.4 Å². The Morgan fingerprint density at radius 3 is 2.74 bits per heavy atom. The van der Waals surface area contributed by atoms with Crippen LogP contribution in [0.25, 0.3) is 0 Å². The van der Waals surface area contributed by atoms with E-state index in [-0.39, 0.29) is 10.8 Å². The normalized spacial score (nSPS) is 14.7. The van der Waals surface area contributed by atoms with Gasteiger partial charge in [-0.3, -0.25) is 10.1 Å². The fourth-order valence-electron chi connectivity index (χ4n) is 2.21. The quantitative estimate of drug-likeness (QED) is 0.866. The van der Waals surface area contributed by atoms with Crippen LogP contribution in [0.4, 0.5) is 5.13 Å². The molecule has 1 heterocycles. The lowest BCUT2D eigenvalue weighted by Gasteiger charge is -2.08. The lowest BCUT2D eigenvalue weighted by molar-refractivity contribution is 0.102. The first-order valence-electron chi connectivity index (χ1n) is 7.21. The van der Waals surface area contributed by atoms with Crippen molar-refractivity contribution in [3.05, 3.63) is 40.4 Å². The molecule has 0 unspecified atom stereocenters. The number of anilines is 1. The van der Waals surface area contributed by atoms with E-state index in [9.17, 15) is 13.2 Å². The summed E-state index contributed by atoms with van der Waals surface area (Å²) < 4.78 is 26.0. The third kappa shape index (κ3) is 3.44. The third-order valence-electron chi connectivity index (χ3n) is 3.77. The Morgan fingerprint density at radius 1 is 1.35 bits per heavy atom. The molecule has 0 radical (unpaired) electrons. The molecule has 2 aromatic rings. The monoisotopic (exact) mass is 351 g/mol. The van der Waals surface area contributed by atoms with E-state index in [0.29, 0.717) is 22.2 Å². The molecule has 6 nitrogen and oxygen atoms in total. The first kappa shape index (κ1) is 16.1. The second kappa shape index (κ2) is 6.03. The molecule has 0 aliphatic heterocycles. The van der Waals surface area contributed by atoms with E-state index in [0.717, 1.165) is 18.5 Å². The Morgan fingerprint density at radius 2 is 2.09 bits per heavy atom. The van der Waals surface area contributed by atoms with E-state index in [2.05, 4.69) is 15.0 Å². The van der Waals surface area contributed by atoms with E-state index < -0.39 is 10.0 Å². The molecule has 0 spiro atoms. The molecule has 1 saturated carbocycles. The van der Waals surface area contributed by atoms with Gasteiger partial charge in [0.05, 0.1) is 10.6 Å². The number of carbonyl (C=O) groups excluding carboxylic acids is 1. The van der Waals surface area contributed by atoms with Crippen molar-refractivity contribution in [2.75, 3.05) is 12.4 Å². The van der Waals surface area contributed by atoms with Crippen LogP contribution in [-0.4, -0.2) is 26.4 Å². The fraction of sp³-hybridized carbons (Fsp3) is 0.333. The summed E-state index contributed by atoms with van der Waals surface area (Å²) in [5, 5.41) is 5.25. The molecule has 23 heavy (non-hydrogen) atoms. The van der Waals surface area contributed by atoms with Crippen LogP contribution in [0.1, 0.15) is 40.4 Å². The van der Waals surface area contributed by atoms with E-state index in [1.165, 1.54) is 30.5 Å². The summed E-state index contributed by atoms with van der Waals surface area (Å²) in [6.07, 6.45) is 2.31. The molecule has 0 bridgehead atoms. The number of thiazole rings is 1. The third-order valence-corrected chi connectivity index (χ3v) is 5.96. The predicted octanol–water partition coefficient (Wildman–Crippen LogP) is 2.49. The number of nitrogens with one attached hydrogen (secondary N) is 2. The second-order valence-corrected chi connectivity index (χ2v) is 8.23. The van der Waals surface area contributed by atoms with Gasteiger partial charge in [-0.25, -0.2) is 18.1 Å². The average Bonchev–Trinajstić information content (AvgIpc) is 3.27. The van der Waals surface area contributed by atoms with Crippen molar-refractivity contribution in [3.8, 4) is 0 Å². The zero-order valence-electron chi connectivity index (χ0n) is 12.8. The van der Waals surface area contributed by atoms with Crippen molar-refractivity contribution in [3.63, 3.8) is 0 Å². The number of aryl methyl sites for hydroxylation is 1. The van der Waals surface area contributed by atoms with Crippen molar-refractivity contribution in [1.82, 2.24) is 9.71 Å². The van der Waals surface area contributed by atoms with Crippen molar-refractivity contribution in [2.24, 2.45) is 0 Å². The molecule has 0 saturated heterocycles. The summed E-state index contributed by atoms with van der Waals surface area (Å²) in [6.45, 7) is 1.77. The Hall–Kier alpha value is -1.77. The average molecular weight is 351 g/mol. The zero-order valence-corrected chi connectivity index (χ0v) is 14.4. The molecule has 2 N–H and O–H groups in total. The highest BCUT2D eigenvalue weighted by Gasteiger charge is 2.26. The Bertz CT molecular complexity index is 855. The van der Waals surface area contributed by atoms with Crippen LogP contribution in [0.3, 0.4) is 0 Å². The molecule has 122 valence electrons. The maximum atomic E-state index is 12.4. The van der Waals surface area contributed by atoms with Crippen molar-refractivity contribution in [2.45, 2.75) is 30.6 Å². The molecular formula is C15H17N3O3S2. The maximum Gasteiger partial charge on any atom is 0.257 e. The van der Waals surface area contributed by atoms with Crippen LogP contribution in [-0.2, 0) is 10.0 Å². The second-order valence-electron chi connectivity index (χ2n) is 5.49. The van der Waals surface area contributed by atoms with Crippen LogP contribution in [0, 0.1) is 6.92 Å². The van der Waals surface area contributed by atoms with Crippen LogP contribution in [0.15, 0.2) is 28.5 Å². The lowest BCUT2D eigenvalue weighted by atomic mass is 10.1. The van der Waals surface area contributed by atoms with Crippen molar-refractivity contribution in [1.29, 1.82) is 0 Å². The smallest absolute Gasteiger partial charge is 0.257 e. The zero-order chi connectivity index (χ0) is 16.6. The summed E-state index contributed by atoms with van der Waals surface area (Å²) in [5.41, 5.74) is 2.05. The molecule has 1 aliphatic carbocycles. The molecule has 3 rings (SSSR count). The predicted molar refractivity (Wildman–Crippen MR) is 89.5 cm³/mol. The Balaban J connectivity index is 1.84. The van der Waals surface area contributed by atoms with E-state index >= 15 is 0 Å². The van der Waals surface area contributed by atoms with Gasteiger partial charge in [0, 0.05) is 16.9 Å².